The Labute approximate surface area is 137 Å². The number of amides is 1. The first-order valence-corrected chi connectivity index (χ1v) is 8.30. The Hall–Kier alpha value is -2.04. The van der Waals surface area contributed by atoms with Crippen molar-refractivity contribution >= 4 is 5.91 Å². The van der Waals surface area contributed by atoms with Crippen molar-refractivity contribution in [2.75, 3.05) is 0 Å². The van der Waals surface area contributed by atoms with Crippen LogP contribution in [-0.2, 0) is 7.05 Å². The molecule has 1 fully saturated rings. The first kappa shape index (κ1) is 15.8. The Morgan fingerprint density at radius 3 is 2.43 bits per heavy atom. The topological polar surface area (TPSA) is 51.9 Å². The second-order valence-electron chi connectivity index (χ2n) is 6.79. The summed E-state index contributed by atoms with van der Waals surface area (Å²) in [7, 11) is 1.93. The minimum Gasteiger partial charge on any atom is -0.345 e. The minimum absolute atomic E-state index is 0.000142. The molecule has 0 bridgehead atoms. The van der Waals surface area contributed by atoms with E-state index >= 15 is 0 Å². The third kappa shape index (κ3) is 2.69. The highest BCUT2D eigenvalue weighted by Gasteiger charge is 2.29. The molecule has 1 unspecified atom stereocenters. The van der Waals surface area contributed by atoms with Gasteiger partial charge in [-0.1, -0.05) is 0 Å². The summed E-state index contributed by atoms with van der Waals surface area (Å²) in [5.74, 6) is 0.000142. The van der Waals surface area contributed by atoms with Crippen molar-refractivity contribution in [3.8, 4) is 0 Å². The van der Waals surface area contributed by atoms with Crippen molar-refractivity contribution in [3.63, 3.8) is 0 Å². The van der Waals surface area contributed by atoms with Crippen LogP contribution >= 0.6 is 0 Å². The summed E-state index contributed by atoms with van der Waals surface area (Å²) in [6, 6.07) is 2.55. The molecule has 3 rings (SSSR count). The molecule has 124 valence electrons. The Balaban J connectivity index is 1.83. The van der Waals surface area contributed by atoms with Crippen LogP contribution in [0.1, 0.15) is 70.5 Å². The fourth-order valence-corrected chi connectivity index (χ4v) is 3.66. The van der Waals surface area contributed by atoms with Crippen LogP contribution in [0.25, 0.3) is 0 Å². The van der Waals surface area contributed by atoms with Crippen molar-refractivity contribution in [3.05, 3.63) is 40.0 Å². The maximum absolute atomic E-state index is 12.7. The zero-order chi connectivity index (χ0) is 16.9. The fourth-order valence-electron chi connectivity index (χ4n) is 3.66. The number of aryl methyl sites for hydroxylation is 3. The summed E-state index contributed by atoms with van der Waals surface area (Å²) >= 11 is 0. The molecule has 0 saturated heterocycles. The predicted molar refractivity (Wildman–Crippen MR) is 90.7 cm³/mol. The summed E-state index contributed by atoms with van der Waals surface area (Å²) in [5, 5.41) is 7.58. The number of hydrogen-bond donors (Lipinski definition) is 1. The average molecular weight is 314 g/mol. The van der Waals surface area contributed by atoms with E-state index in [0.717, 1.165) is 28.2 Å². The maximum Gasteiger partial charge on any atom is 0.253 e. The van der Waals surface area contributed by atoms with E-state index in [9.17, 15) is 4.79 Å². The highest BCUT2D eigenvalue weighted by Crippen LogP contribution is 2.38. The molecule has 0 aromatic carbocycles. The van der Waals surface area contributed by atoms with Crippen LogP contribution in [0.2, 0.25) is 0 Å². The summed E-state index contributed by atoms with van der Waals surface area (Å²) < 4.78 is 4.17. The number of aromatic nitrogens is 3. The lowest BCUT2D eigenvalue weighted by Gasteiger charge is -2.15. The highest BCUT2D eigenvalue weighted by atomic mass is 16.1. The molecule has 2 heterocycles. The number of rotatable bonds is 4. The predicted octanol–water partition coefficient (Wildman–Crippen LogP) is 3.28. The molecule has 0 spiro atoms. The van der Waals surface area contributed by atoms with Crippen LogP contribution in [0.4, 0.5) is 0 Å². The van der Waals surface area contributed by atoms with Crippen LogP contribution < -0.4 is 5.32 Å². The molecule has 5 heteroatoms. The molecule has 23 heavy (non-hydrogen) atoms. The number of nitrogens with zero attached hydrogens (tertiary/aromatic N) is 3. The molecular weight excluding hydrogens is 288 g/mol. The van der Waals surface area contributed by atoms with Crippen molar-refractivity contribution in [1.29, 1.82) is 0 Å². The number of nitrogens with one attached hydrogen (secondary N) is 1. The molecule has 0 radical (unpaired) electrons. The lowest BCUT2D eigenvalue weighted by molar-refractivity contribution is 0.0939. The smallest absolute Gasteiger partial charge is 0.253 e. The fraction of sp³-hybridized carbons (Fsp3) is 0.556. The van der Waals surface area contributed by atoms with Gasteiger partial charge in [-0.3, -0.25) is 9.48 Å². The molecular formula is C18H26N4O. The first-order valence-electron chi connectivity index (χ1n) is 8.30. The van der Waals surface area contributed by atoms with E-state index in [4.69, 9.17) is 0 Å². The maximum atomic E-state index is 12.7. The zero-order valence-electron chi connectivity index (χ0n) is 14.9. The summed E-state index contributed by atoms with van der Waals surface area (Å²) in [6.45, 7) is 10.2. The lowest BCUT2D eigenvalue weighted by atomic mass is 10.1. The van der Waals surface area contributed by atoms with Crippen LogP contribution in [0, 0.1) is 27.7 Å². The average Bonchev–Trinajstić information content (AvgIpc) is 3.19. The van der Waals surface area contributed by atoms with Crippen LogP contribution in [-0.4, -0.2) is 20.3 Å². The minimum atomic E-state index is -0.0554. The third-order valence-electron chi connectivity index (χ3n) is 4.99. The van der Waals surface area contributed by atoms with Gasteiger partial charge in [0.15, 0.2) is 0 Å². The van der Waals surface area contributed by atoms with Crippen LogP contribution in [0.3, 0.4) is 0 Å². The molecule has 1 saturated carbocycles. The van der Waals surface area contributed by atoms with E-state index in [1.807, 2.05) is 45.5 Å². The molecule has 2 aromatic rings. The molecule has 2 aromatic heterocycles. The molecule has 1 aliphatic rings. The summed E-state index contributed by atoms with van der Waals surface area (Å²) in [6.07, 6.45) is 2.45. The van der Waals surface area contributed by atoms with E-state index in [2.05, 4.69) is 21.9 Å². The molecule has 1 atom stereocenters. The van der Waals surface area contributed by atoms with Gasteiger partial charge >= 0.3 is 0 Å². The Morgan fingerprint density at radius 2 is 1.91 bits per heavy atom. The van der Waals surface area contributed by atoms with Gasteiger partial charge in [-0.25, -0.2) is 0 Å². The Morgan fingerprint density at radius 1 is 1.26 bits per heavy atom. The lowest BCUT2D eigenvalue weighted by Crippen LogP contribution is -2.27. The van der Waals surface area contributed by atoms with E-state index in [-0.39, 0.29) is 11.9 Å². The van der Waals surface area contributed by atoms with Gasteiger partial charge < -0.3 is 9.88 Å². The van der Waals surface area contributed by atoms with Gasteiger partial charge in [0.05, 0.1) is 17.3 Å². The quantitative estimate of drug-likeness (QED) is 0.941. The highest BCUT2D eigenvalue weighted by molar-refractivity contribution is 5.96. The van der Waals surface area contributed by atoms with E-state index < -0.39 is 0 Å². The Bertz CT molecular complexity index is 765. The molecule has 1 amide bonds. The second-order valence-corrected chi connectivity index (χ2v) is 6.79. The molecule has 1 aliphatic carbocycles. The van der Waals surface area contributed by atoms with Gasteiger partial charge in [0.1, 0.15) is 0 Å². The zero-order valence-corrected chi connectivity index (χ0v) is 14.9. The molecule has 0 aliphatic heterocycles. The standard InChI is InChI=1S/C18H26N4O/c1-10-9-16(13(4)22(10)15-7-8-15)18(23)19-11(2)17-12(3)20-21(6)14(17)5/h9,11,15H,7-8H2,1-6H3,(H,19,23). The van der Waals surface area contributed by atoms with Crippen LogP contribution in [0.15, 0.2) is 6.07 Å². The number of carbonyl (C=O) groups is 1. The van der Waals surface area contributed by atoms with Crippen molar-refractivity contribution < 1.29 is 4.79 Å². The molecule has 5 nitrogen and oxygen atoms in total. The monoisotopic (exact) mass is 314 g/mol. The third-order valence-corrected chi connectivity index (χ3v) is 4.99. The van der Waals surface area contributed by atoms with E-state index in [0.29, 0.717) is 6.04 Å². The number of carbonyl (C=O) groups excluding carboxylic acids is 1. The van der Waals surface area contributed by atoms with Gasteiger partial charge in [0.25, 0.3) is 5.91 Å². The number of hydrogen-bond acceptors (Lipinski definition) is 2. The van der Waals surface area contributed by atoms with Gasteiger partial charge in [-0.15, -0.1) is 0 Å². The van der Waals surface area contributed by atoms with Crippen molar-refractivity contribution in [1.82, 2.24) is 19.7 Å². The Kier molecular flexibility index (Phi) is 3.82. The van der Waals surface area contributed by atoms with Crippen molar-refractivity contribution in [2.45, 2.75) is 59.5 Å². The van der Waals surface area contributed by atoms with Crippen molar-refractivity contribution in [2.24, 2.45) is 7.05 Å². The second kappa shape index (κ2) is 5.55. The van der Waals surface area contributed by atoms with E-state index in [1.165, 1.54) is 18.5 Å². The summed E-state index contributed by atoms with van der Waals surface area (Å²) in [4.78, 5) is 12.7. The van der Waals surface area contributed by atoms with Crippen LogP contribution in [0.5, 0.6) is 0 Å². The summed E-state index contributed by atoms with van der Waals surface area (Å²) in [5.41, 5.74) is 6.23. The van der Waals surface area contributed by atoms with Gasteiger partial charge in [0, 0.05) is 35.7 Å². The normalized spacial score (nSPS) is 15.7. The van der Waals surface area contributed by atoms with Gasteiger partial charge in [0.2, 0.25) is 0 Å². The van der Waals surface area contributed by atoms with E-state index in [1.54, 1.807) is 0 Å². The largest absolute Gasteiger partial charge is 0.345 e. The molecule has 1 N–H and O–H groups in total. The first-order chi connectivity index (χ1) is 10.8. The van der Waals surface area contributed by atoms with Gasteiger partial charge in [-0.05, 0) is 53.5 Å². The van der Waals surface area contributed by atoms with Gasteiger partial charge in [-0.2, -0.15) is 5.10 Å². The SMILES string of the molecule is Cc1nn(C)c(C)c1C(C)NC(=O)c1cc(C)n(C2CC2)c1C.